The molecule has 1 aliphatic rings. The minimum Gasteiger partial charge on any atom is -0.350 e. The quantitative estimate of drug-likeness (QED) is 0.635. The first-order valence-electron chi connectivity index (χ1n) is 9.91. The maximum absolute atomic E-state index is 13.4. The van der Waals surface area contributed by atoms with Crippen LogP contribution in [-0.4, -0.2) is 39.7 Å². The average molecular weight is 440 g/mol. The summed E-state index contributed by atoms with van der Waals surface area (Å²) in [6, 6.07) is 11.0. The van der Waals surface area contributed by atoms with Crippen LogP contribution in [0.5, 0.6) is 0 Å². The van der Waals surface area contributed by atoms with Gasteiger partial charge in [0, 0.05) is 31.4 Å². The van der Waals surface area contributed by atoms with E-state index >= 15 is 0 Å². The van der Waals surface area contributed by atoms with E-state index in [0.29, 0.717) is 29.3 Å². The highest BCUT2D eigenvalue weighted by Crippen LogP contribution is 2.29. The Labute approximate surface area is 182 Å². The van der Waals surface area contributed by atoms with E-state index in [2.05, 4.69) is 15.4 Å². The number of halogens is 3. The molecule has 1 aromatic carbocycles. The molecule has 0 atom stereocenters. The molecule has 2 aromatic heterocycles. The molecule has 10 heteroatoms. The molecule has 4 rings (SSSR count). The van der Waals surface area contributed by atoms with Gasteiger partial charge in [0.05, 0.1) is 25.1 Å². The van der Waals surface area contributed by atoms with Crippen molar-refractivity contribution >= 4 is 17.5 Å². The van der Waals surface area contributed by atoms with Gasteiger partial charge in [-0.2, -0.15) is 10.4 Å². The van der Waals surface area contributed by atoms with Crippen molar-refractivity contribution in [1.29, 1.82) is 5.26 Å². The van der Waals surface area contributed by atoms with Gasteiger partial charge in [0.2, 0.25) is 5.91 Å². The normalized spacial score (nSPS) is 14.9. The molecule has 1 saturated heterocycles. The van der Waals surface area contributed by atoms with E-state index in [4.69, 9.17) is 5.26 Å². The van der Waals surface area contributed by atoms with Crippen LogP contribution < -0.4 is 10.2 Å². The fourth-order valence-electron chi connectivity index (χ4n) is 3.47. The molecule has 7 nitrogen and oxygen atoms in total. The van der Waals surface area contributed by atoms with E-state index in [-0.39, 0.29) is 37.4 Å². The first-order chi connectivity index (χ1) is 15.3. The van der Waals surface area contributed by atoms with Crippen molar-refractivity contribution in [2.45, 2.75) is 25.3 Å². The van der Waals surface area contributed by atoms with Crippen LogP contribution in [0.3, 0.4) is 0 Å². The number of pyridine rings is 1. The summed E-state index contributed by atoms with van der Waals surface area (Å²) in [6.45, 7) is 0.211. The first kappa shape index (κ1) is 21.4. The molecule has 0 unspecified atom stereocenters. The standard InChI is InChI=1S/C22H19F3N6O/c23-18-3-1-16(9-17(18)11-26)13-31-7-5-19(29-31)28-21(32)10-15-2-4-20(27-12-15)30-8-6-22(24,25)14-30/h1-5,7,9,12H,6,8,10,13-14H2,(H,28,29,32). The second kappa shape index (κ2) is 8.70. The van der Waals surface area contributed by atoms with Crippen LogP contribution in [-0.2, 0) is 17.8 Å². The summed E-state index contributed by atoms with van der Waals surface area (Å²) in [7, 11) is 0. The number of rotatable bonds is 6. The molecule has 1 fully saturated rings. The zero-order valence-electron chi connectivity index (χ0n) is 16.9. The van der Waals surface area contributed by atoms with Gasteiger partial charge in [-0.05, 0) is 29.3 Å². The number of anilines is 2. The Bertz CT molecular complexity index is 1170. The number of benzene rings is 1. The third-order valence-corrected chi connectivity index (χ3v) is 5.07. The predicted octanol–water partition coefficient (Wildman–Crippen LogP) is 3.36. The number of nitrogens with one attached hydrogen (secondary N) is 1. The van der Waals surface area contributed by atoms with Crippen LogP contribution in [0.25, 0.3) is 0 Å². The van der Waals surface area contributed by atoms with E-state index in [0.717, 1.165) is 0 Å². The molecular weight excluding hydrogens is 421 g/mol. The summed E-state index contributed by atoms with van der Waals surface area (Å²) in [5, 5.41) is 15.9. The maximum atomic E-state index is 13.4. The van der Waals surface area contributed by atoms with Gasteiger partial charge in [-0.15, -0.1) is 0 Å². The van der Waals surface area contributed by atoms with Crippen molar-refractivity contribution in [3.05, 3.63) is 71.3 Å². The van der Waals surface area contributed by atoms with Crippen molar-refractivity contribution in [2.24, 2.45) is 0 Å². The van der Waals surface area contributed by atoms with Crippen molar-refractivity contribution in [2.75, 3.05) is 23.3 Å². The van der Waals surface area contributed by atoms with Gasteiger partial charge in [-0.3, -0.25) is 9.48 Å². The highest BCUT2D eigenvalue weighted by molar-refractivity contribution is 5.91. The number of aromatic nitrogens is 3. The van der Waals surface area contributed by atoms with Crippen LogP contribution in [0.2, 0.25) is 0 Å². The summed E-state index contributed by atoms with van der Waals surface area (Å²) in [6.07, 6.45) is 3.03. The number of hydrogen-bond acceptors (Lipinski definition) is 5. The minimum absolute atomic E-state index is 0.0405. The molecular formula is C22H19F3N6O. The van der Waals surface area contributed by atoms with Gasteiger partial charge in [0.25, 0.3) is 5.92 Å². The number of hydrogen-bond donors (Lipinski definition) is 1. The van der Waals surface area contributed by atoms with Crippen LogP contribution in [0.1, 0.15) is 23.1 Å². The Hall–Kier alpha value is -3.87. The van der Waals surface area contributed by atoms with E-state index in [1.807, 2.05) is 0 Å². The third kappa shape index (κ3) is 5.06. The topological polar surface area (TPSA) is 86.8 Å². The molecule has 0 bridgehead atoms. The lowest BCUT2D eigenvalue weighted by atomic mass is 10.1. The summed E-state index contributed by atoms with van der Waals surface area (Å²) in [5.74, 6) is -2.76. The second-order valence-electron chi connectivity index (χ2n) is 7.60. The van der Waals surface area contributed by atoms with Gasteiger partial charge in [-0.25, -0.2) is 18.2 Å². The highest BCUT2D eigenvalue weighted by Gasteiger charge is 2.38. The summed E-state index contributed by atoms with van der Waals surface area (Å²) in [5.41, 5.74) is 1.30. The predicted molar refractivity (Wildman–Crippen MR) is 111 cm³/mol. The van der Waals surface area contributed by atoms with Crippen molar-refractivity contribution in [1.82, 2.24) is 14.8 Å². The molecule has 0 radical (unpaired) electrons. The monoisotopic (exact) mass is 440 g/mol. The highest BCUT2D eigenvalue weighted by atomic mass is 19.3. The van der Waals surface area contributed by atoms with E-state index in [1.54, 1.807) is 41.2 Å². The molecule has 3 heterocycles. The molecule has 1 amide bonds. The number of nitrogens with zero attached hydrogens (tertiary/aromatic N) is 5. The molecule has 0 saturated carbocycles. The molecule has 1 N–H and O–H groups in total. The third-order valence-electron chi connectivity index (χ3n) is 5.07. The Morgan fingerprint density at radius 2 is 2.03 bits per heavy atom. The molecule has 164 valence electrons. The van der Waals surface area contributed by atoms with Crippen molar-refractivity contribution < 1.29 is 18.0 Å². The lowest BCUT2D eigenvalue weighted by molar-refractivity contribution is -0.115. The fourth-order valence-corrected chi connectivity index (χ4v) is 3.47. The molecule has 3 aromatic rings. The van der Waals surface area contributed by atoms with Gasteiger partial charge >= 0.3 is 0 Å². The molecule has 0 aliphatic carbocycles. The van der Waals surface area contributed by atoms with Gasteiger partial charge in [0.1, 0.15) is 17.7 Å². The number of carbonyl (C=O) groups excluding carboxylic acids is 1. The number of nitriles is 1. The zero-order valence-corrected chi connectivity index (χ0v) is 16.9. The van der Waals surface area contributed by atoms with Crippen molar-refractivity contribution in [3.8, 4) is 6.07 Å². The second-order valence-corrected chi connectivity index (χ2v) is 7.60. The number of amides is 1. The largest absolute Gasteiger partial charge is 0.350 e. The molecule has 1 aliphatic heterocycles. The Kier molecular flexibility index (Phi) is 5.81. The Balaban J connectivity index is 1.32. The van der Waals surface area contributed by atoms with Crippen LogP contribution >= 0.6 is 0 Å². The van der Waals surface area contributed by atoms with E-state index in [1.165, 1.54) is 23.2 Å². The molecule has 0 spiro atoms. The maximum Gasteiger partial charge on any atom is 0.266 e. The van der Waals surface area contributed by atoms with E-state index < -0.39 is 11.7 Å². The molecule has 32 heavy (non-hydrogen) atoms. The van der Waals surface area contributed by atoms with Gasteiger partial charge in [0.15, 0.2) is 5.82 Å². The summed E-state index contributed by atoms with van der Waals surface area (Å²) in [4.78, 5) is 18.0. The van der Waals surface area contributed by atoms with Gasteiger partial charge < -0.3 is 10.2 Å². The van der Waals surface area contributed by atoms with Crippen LogP contribution in [0.15, 0.2) is 48.8 Å². The van der Waals surface area contributed by atoms with Gasteiger partial charge in [-0.1, -0.05) is 12.1 Å². The SMILES string of the molecule is N#Cc1cc(Cn2ccc(NC(=O)Cc3ccc(N4CCC(F)(F)C4)nc3)n2)ccc1F. The minimum atomic E-state index is -2.70. The lowest BCUT2D eigenvalue weighted by Gasteiger charge is -2.17. The first-order valence-corrected chi connectivity index (χ1v) is 9.91. The van der Waals surface area contributed by atoms with Crippen LogP contribution in [0, 0.1) is 17.1 Å². The smallest absolute Gasteiger partial charge is 0.266 e. The fraction of sp³-hybridized carbons (Fsp3) is 0.273. The Morgan fingerprint density at radius 1 is 1.22 bits per heavy atom. The number of alkyl halides is 2. The summed E-state index contributed by atoms with van der Waals surface area (Å²) < 4.78 is 41.7. The van der Waals surface area contributed by atoms with E-state index in [9.17, 15) is 18.0 Å². The Morgan fingerprint density at radius 3 is 2.72 bits per heavy atom. The van der Waals surface area contributed by atoms with Crippen LogP contribution in [0.4, 0.5) is 24.8 Å². The van der Waals surface area contributed by atoms with Crippen molar-refractivity contribution in [3.63, 3.8) is 0 Å². The average Bonchev–Trinajstić information content (AvgIpc) is 3.35. The number of carbonyl (C=O) groups is 1. The zero-order chi connectivity index (χ0) is 22.7. The summed E-state index contributed by atoms with van der Waals surface area (Å²) >= 11 is 0. The lowest BCUT2D eigenvalue weighted by Crippen LogP contribution is -2.25.